The van der Waals surface area contributed by atoms with Crippen LogP contribution >= 0.6 is 0 Å². The summed E-state index contributed by atoms with van der Waals surface area (Å²) in [6.45, 7) is 13.9. The maximum Gasteiger partial charge on any atom is 0.338 e. The number of hydrogen-bond donors (Lipinski definition) is 1. The number of carbonyl (C=O) groups is 1. The van der Waals surface area contributed by atoms with Gasteiger partial charge in [-0.1, -0.05) is 47.6 Å². The third kappa shape index (κ3) is 4.41. The molecule has 0 fully saturated rings. The molecular formula is C18H29FO3Si. The zero-order chi connectivity index (χ0) is 17.8. The average Bonchev–Trinajstić information content (AvgIpc) is 2.43. The number of rotatable bonds is 8. The highest BCUT2D eigenvalue weighted by molar-refractivity contribution is 6.77. The van der Waals surface area contributed by atoms with Gasteiger partial charge in [0.15, 0.2) is 8.32 Å². The molecule has 1 aromatic rings. The number of halogens is 1. The standard InChI is InChI=1S/C18H29FO3Si/c1-12(2)23(13(3)4,14(5)6)22-10-9-15-7-8-17(19)16(11-15)18(20)21/h7-8,11-14H,9-10H2,1-6H3,(H,20,21). The van der Waals surface area contributed by atoms with Crippen molar-refractivity contribution in [3.8, 4) is 0 Å². The minimum atomic E-state index is -1.92. The molecular weight excluding hydrogens is 311 g/mol. The molecule has 1 aromatic carbocycles. The van der Waals surface area contributed by atoms with E-state index in [0.717, 1.165) is 5.56 Å². The van der Waals surface area contributed by atoms with E-state index < -0.39 is 20.1 Å². The molecule has 0 unspecified atom stereocenters. The molecule has 130 valence electrons. The summed E-state index contributed by atoms with van der Waals surface area (Å²) in [5.41, 5.74) is 2.03. The molecule has 0 atom stereocenters. The van der Waals surface area contributed by atoms with Gasteiger partial charge in [-0.25, -0.2) is 9.18 Å². The van der Waals surface area contributed by atoms with Crippen LogP contribution in [0.3, 0.4) is 0 Å². The summed E-state index contributed by atoms with van der Waals surface area (Å²) in [5.74, 6) is -1.93. The first-order valence-electron chi connectivity index (χ1n) is 8.28. The van der Waals surface area contributed by atoms with Crippen molar-refractivity contribution in [1.82, 2.24) is 0 Å². The minimum absolute atomic E-state index is 0.275. The summed E-state index contributed by atoms with van der Waals surface area (Å²) in [7, 11) is -1.92. The molecule has 23 heavy (non-hydrogen) atoms. The van der Waals surface area contributed by atoms with E-state index in [1.54, 1.807) is 6.07 Å². The number of carboxylic acids is 1. The first-order chi connectivity index (χ1) is 10.6. The molecule has 0 saturated carbocycles. The molecule has 0 heterocycles. The Morgan fingerprint density at radius 1 is 1.13 bits per heavy atom. The van der Waals surface area contributed by atoms with Crippen LogP contribution in [0.1, 0.15) is 57.5 Å². The Labute approximate surface area is 140 Å². The van der Waals surface area contributed by atoms with Gasteiger partial charge in [-0.3, -0.25) is 0 Å². The van der Waals surface area contributed by atoms with Gasteiger partial charge in [-0.2, -0.15) is 0 Å². The van der Waals surface area contributed by atoms with Gasteiger partial charge >= 0.3 is 5.97 Å². The molecule has 0 amide bonds. The van der Waals surface area contributed by atoms with E-state index in [1.165, 1.54) is 12.1 Å². The lowest BCUT2D eigenvalue weighted by atomic mass is 10.1. The fourth-order valence-corrected chi connectivity index (χ4v) is 9.19. The van der Waals surface area contributed by atoms with E-state index in [2.05, 4.69) is 41.5 Å². The second-order valence-corrected chi connectivity index (χ2v) is 12.5. The van der Waals surface area contributed by atoms with Crippen LogP contribution in [0, 0.1) is 5.82 Å². The Bertz CT molecular complexity index is 519. The van der Waals surface area contributed by atoms with Crippen molar-refractivity contribution >= 4 is 14.3 Å². The zero-order valence-corrected chi connectivity index (χ0v) is 16.0. The summed E-state index contributed by atoms with van der Waals surface area (Å²) < 4.78 is 19.9. The Kier molecular flexibility index (Phi) is 6.95. The van der Waals surface area contributed by atoms with E-state index in [9.17, 15) is 9.18 Å². The number of hydrogen-bond acceptors (Lipinski definition) is 2. The molecule has 0 spiro atoms. The molecule has 0 aromatic heterocycles. The summed E-state index contributed by atoms with van der Waals surface area (Å²) >= 11 is 0. The van der Waals surface area contributed by atoms with Crippen LogP contribution in [0.2, 0.25) is 16.6 Å². The molecule has 0 bridgehead atoms. The van der Waals surface area contributed by atoms with E-state index in [1.807, 2.05) is 0 Å². The van der Waals surface area contributed by atoms with Gasteiger partial charge in [0.2, 0.25) is 0 Å². The first kappa shape index (κ1) is 19.8. The molecule has 3 nitrogen and oxygen atoms in total. The van der Waals surface area contributed by atoms with Crippen molar-refractivity contribution in [1.29, 1.82) is 0 Å². The summed E-state index contributed by atoms with van der Waals surface area (Å²) in [4.78, 5) is 11.0. The van der Waals surface area contributed by atoms with Crippen LogP contribution in [0.5, 0.6) is 0 Å². The lowest BCUT2D eigenvalue weighted by Crippen LogP contribution is -2.48. The number of benzene rings is 1. The van der Waals surface area contributed by atoms with Gasteiger partial charge in [-0.15, -0.1) is 0 Å². The maximum atomic E-state index is 13.4. The van der Waals surface area contributed by atoms with Crippen molar-refractivity contribution in [2.45, 2.75) is 64.6 Å². The predicted molar refractivity (Wildman–Crippen MR) is 94.1 cm³/mol. The lowest BCUT2D eigenvalue weighted by molar-refractivity contribution is 0.0691. The molecule has 0 saturated heterocycles. The van der Waals surface area contributed by atoms with E-state index in [4.69, 9.17) is 9.53 Å². The fourth-order valence-electron chi connectivity index (χ4n) is 3.74. The molecule has 1 N–H and O–H groups in total. The van der Waals surface area contributed by atoms with Crippen molar-refractivity contribution in [3.63, 3.8) is 0 Å². The second kappa shape index (κ2) is 8.06. The minimum Gasteiger partial charge on any atom is -0.478 e. The van der Waals surface area contributed by atoms with Gasteiger partial charge < -0.3 is 9.53 Å². The van der Waals surface area contributed by atoms with Gasteiger partial charge in [0, 0.05) is 6.61 Å². The van der Waals surface area contributed by atoms with Crippen molar-refractivity contribution in [2.75, 3.05) is 6.61 Å². The molecule has 0 radical (unpaired) electrons. The summed E-state index contributed by atoms with van der Waals surface area (Å²) in [5, 5.41) is 9.00. The van der Waals surface area contributed by atoms with Crippen LogP contribution in [-0.4, -0.2) is 26.0 Å². The van der Waals surface area contributed by atoms with E-state index >= 15 is 0 Å². The molecule has 0 aliphatic carbocycles. The van der Waals surface area contributed by atoms with Gasteiger partial charge in [0.05, 0.1) is 5.56 Å². The van der Waals surface area contributed by atoms with E-state index in [0.29, 0.717) is 29.7 Å². The van der Waals surface area contributed by atoms with Gasteiger partial charge in [0.25, 0.3) is 0 Å². The monoisotopic (exact) mass is 340 g/mol. The predicted octanol–water partition coefficient (Wildman–Crippen LogP) is 5.26. The summed E-state index contributed by atoms with van der Waals surface area (Å²) in [6, 6.07) is 4.26. The average molecular weight is 341 g/mol. The SMILES string of the molecule is CC(C)[Si](OCCc1ccc(F)c(C(=O)O)c1)(C(C)C)C(C)C. The van der Waals surface area contributed by atoms with Crippen LogP contribution in [0.15, 0.2) is 18.2 Å². The Balaban J connectivity index is 2.85. The van der Waals surface area contributed by atoms with Crippen LogP contribution in [0.25, 0.3) is 0 Å². The lowest BCUT2D eigenvalue weighted by Gasteiger charge is -2.42. The normalized spacial score (nSPS) is 12.4. The smallest absolute Gasteiger partial charge is 0.338 e. The summed E-state index contributed by atoms with van der Waals surface area (Å²) in [6.07, 6.45) is 0.599. The largest absolute Gasteiger partial charge is 0.478 e. The van der Waals surface area contributed by atoms with Gasteiger partial charge in [-0.05, 0) is 40.7 Å². The quantitative estimate of drug-likeness (QED) is 0.657. The Hall–Kier alpha value is -1.20. The van der Waals surface area contributed by atoms with Crippen molar-refractivity contribution in [3.05, 3.63) is 35.1 Å². The van der Waals surface area contributed by atoms with Crippen LogP contribution in [0.4, 0.5) is 4.39 Å². The third-order valence-electron chi connectivity index (χ3n) is 4.71. The van der Waals surface area contributed by atoms with Crippen molar-refractivity contribution < 1.29 is 18.7 Å². The topological polar surface area (TPSA) is 46.5 Å². The first-order valence-corrected chi connectivity index (χ1v) is 10.4. The highest BCUT2D eigenvalue weighted by atomic mass is 28.4. The molecule has 0 aliphatic heterocycles. The van der Waals surface area contributed by atoms with E-state index in [-0.39, 0.29) is 5.56 Å². The Morgan fingerprint density at radius 2 is 1.65 bits per heavy atom. The Morgan fingerprint density at radius 3 is 2.09 bits per heavy atom. The third-order valence-corrected chi connectivity index (χ3v) is 10.8. The molecule has 5 heteroatoms. The maximum absolute atomic E-state index is 13.4. The highest BCUT2D eigenvalue weighted by Crippen LogP contribution is 2.42. The molecule has 1 rings (SSSR count). The second-order valence-electron chi connectivity index (χ2n) is 7.04. The zero-order valence-electron chi connectivity index (χ0n) is 15.0. The van der Waals surface area contributed by atoms with Crippen molar-refractivity contribution in [2.24, 2.45) is 0 Å². The van der Waals surface area contributed by atoms with Crippen LogP contribution < -0.4 is 0 Å². The molecule has 0 aliphatic rings. The fraction of sp³-hybridized carbons (Fsp3) is 0.611. The number of carboxylic acid groups (broad SMARTS) is 1. The number of aromatic carboxylic acids is 1. The van der Waals surface area contributed by atoms with Gasteiger partial charge in [0.1, 0.15) is 5.82 Å². The highest BCUT2D eigenvalue weighted by Gasteiger charge is 2.44. The van der Waals surface area contributed by atoms with Crippen LogP contribution in [-0.2, 0) is 10.8 Å².